The topological polar surface area (TPSA) is 60.2 Å². The van der Waals surface area contributed by atoms with Gasteiger partial charge in [-0.15, -0.1) is 0 Å². The number of hydrogen-bond donors (Lipinski definition) is 1. The molecule has 0 spiro atoms. The maximum Gasteiger partial charge on any atom is 0.373 e. The van der Waals surface area contributed by atoms with Gasteiger partial charge in [0.25, 0.3) is 0 Å². The van der Waals surface area contributed by atoms with Crippen molar-refractivity contribution in [3.8, 4) is 0 Å². The predicted molar refractivity (Wildman–Crippen MR) is 39.3 cm³/mol. The molecule has 0 unspecified atom stereocenters. The molecule has 0 aliphatic carbocycles. The molecule has 11 heavy (non-hydrogen) atoms. The Hall–Kier alpha value is -1.44. The molecule has 0 heterocycles. The van der Waals surface area contributed by atoms with Crippen LogP contribution in [0.1, 0.15) is 5.56 Å². The van der Waals surface area contributed by atoms with Crippen LogP contribution in [0.3, 0.4) is 0 Å². The zero-order valence-electron chi connectivity index (χ0n) is 5.99. The number of benzene rings is 1. The van der Waals surface area contributed by atoms with E-state index < -0.39 is 0 Å². The predicted octanol–water partition coefficient (Wildman–Crippen LogP) is 0.562. The highest BCUT2D eigenvalue weighted by molar-refractivity contribution is 5.20. The molecule has 58 valence electrons. The quantitative estimate of drug-likeness (QED) is 0.638. The van der Waals surface area contributed by atoms with E-state index in [9.17, 15) is 0 Å². The third kappa shape index (κ3) is 5.03. The van der Waals surface area contributed by atoms with Crippen molar-refractivity contribution in [1.29, 1.82) is 0 Å². The summed E-state index contributed by atoms with van der Waals surface area (Å²) in [6.45, 7) is 0.640. The van der Waals surface area contributed by atoms with E-state index in [2.05, 4.69) is 0 Å². The van der Waals surface area contributed by atoms with E-state index in [-0.39, 0.29) is 6.15 Å². The first-order valence-corrected chi connectivity index (χ1v) is 3.08. The van der Waals surface area contributed by atoms with Gasteiger partial charge in [-0.25, -0.2) is 0 Å². The van der Waals surface area contributed by atoms with Gasteiger partial charge in [0.2, 0.25) is 0 Å². The van der Waals surface area contributed by atoms with Gasteiger partial charge in [-0.2, -0.15) is 9.59 Å². The van der Waals surface area contributed by atoms with E-state index in [1.807, 2.05) is 30.3 Å². The summed E-state index contributed by atoms with van der Waals surface area (Å²) in [4.78, 5) is 16.2. The number of hydrogen-bond acceptors (Lipinski definition) is 3. The van der Waals surface area contributed by atoms with Crippen LogP contribution < -0.4 is 5.73 Å². The Bertz CT molecular complexity index is 215. The van der Waals surface area contributed by atoms with Crippen molar-refractivity contribution in [1.82, 2.24) is 0 Å². The van der Waals surface area contributed by atoms with Crippen molar-refractivity contribution >= 4 is 6.15 Å². The van der Waals surface area contributed by atoms with Crippen molar-refractivity contribution in [2.45, 2.75) is 6.54 Å². The maximum absolute atomic E-state index is 8.12. The summed E-state index contributed by atoms with van der Waals surface area (Å²) in [5.41, 5.74) is 6.54. The van der Waals surface area contributed by atoms with Gasteiger partial charge >= 0.3 is 6.15 Å². The van der Waals surface area contributed by atoms with Crippen LogP contribution in [-0.4, -0.2) is 6.15 Å². The first-order chi connectivity index (χ1) is 5.35. The molecule has 3 nitrogen and oxygen atoms in total. The van der Waals surface area contributed by atoms with Crippen LogP contribution >= 0.6 is 0 Å². The number of nitrogens with two attached hydrogens (primary N) is 1. The van der Waals surface area contributed by atoms with Crippen molar-refractivity contribution in [3.05, 3.63) is 35.9 Å². The van der Waals surface area contributed by atoms with E-state index >= 15 is 0 Å². The molecule has 2 N–H and O–H groups in total. The highest BCUT2D eigenvalue weighted by Crippen LogP contribution is 1.94. The van der Waals surface area contributed by atoms with Gasteiger partial charge in [-0.05, 0) is 5.56 Å². The molecule has 3 heteroatoms. The Balaban J connectivity index is 0.000000292. The van der Waals surface area contributed by atoms with Crippen molar-refractivity contribution < 1.29 is 9.59 Å². The van der Waals surface area contributed by atoms with Gasteiger partial charge in [0.1, 0.15) is 0 Å². The van der Waals surface area contributed by atoms with Gasteiger partial charge in [0.05, 0.1) is 0 Å². The highest BCUT2D eigenvalue weighted by Gasteiger charge is 1.80. The fourth-order valence-electron chi connectivity index (χ4n) is 0.614. The minimum atomic E-state index is 0.250. The average Bonchev–Trinajstić information content (AvgIpc) is 2.08. The van der Waals surface area contributed by atoms with Crippen molar-refractivity contribution in [2.75, 3.05) is 0 Å². The van der Waals surface area contributed by atoms with Crippen LogP contribution in [0.5, 0.6) is 0 Å². The second-order valence-corrected chi connectivity index (χ2v) is 1.77. The second-order valence-electron chi connectivity index (χ2n) is 1.77. The zero-order chi connectivity index (χ0) is 8.53. The molecule has 1 aromatic rings. The van der Waals surface area contributed by atoms with E-state index in [0.717, 1.165) is 0 Å². The van der Waals surface area contributed by atoms with Crippen molar-refractivity contribution in [2.24, 2.45) is 5.73 Å². The standard InChI is InChI=1S/C7H9N.CO2/c8-6-7-4-2-1-3-5-7;2-1-3/h1-5H,6,8H2;. The van der Waals surface area contributed by atoms with Gasteiger partial charge in [0, 0.05) is 6.54 Å². The van der Waals surface area contributed by atoms with E-state index in [1.165, 1.54) is 5.56 Å². The molecular weight excluding hydrogens is 142 g/mol. The van der Waals surface area contributed by atoms with Crippen molar-refractivity contribution in [3.63, 3.8) is 0 Å². The molecule has 0 atom stereocenters. The van der Waals surface area contributed by atoms with E-state index in [0.29, 0.717) is 6.54 Å². The fourth-order valence-corrected chi connectivity index (χ4v) is 0.614. The molecule has 0 radical (unpaired) electrons. The minimum Gasteiger partial charge on any atom is -0.326 e. The molecule has 0 aromatic heterocycles. The van der Waals surface area contributed by atoms with Gasteiger partial charge < -0.3 is 5.73 Å². The van der Waals surface area contributed by atoms with Crippen LogP contribution in [0.15, 0.2) is 30.3 Å². The molecule has 0 fully saturated rings. The van der Waals surface area contributed by atoms with Gasteiger partial charge in [0.15, 0.2) is 0 Å². The molecule has 1 rings (SSSR count). The van der Waals surface area contributed by atoms with Crippen LogP contribution in [0.4, 0.5) is 0 Å². The van der Waals surface area contributed by atoms with E-state index in [4.69, 9.17) is 15.3 Å². The third-order valence-electron chi connectivity index (χ3n) is 1.08. The van der Waals surface area contributed by atoms with E-state index in [1.54, 1.807) is 0 Å². The Morgan fingerprint density at radius 1 is 1.18 bits per heavy atom. The molecule has 0 amide bonds. The second kappa shape index (κ2) is 6.68. The Morgan fingerprint density at radius 3 is 1.91 bits per heavy atom. The minimum absolute atomic E-state index is 0.250. The summed E-state index contributed by atoms with van der Waals surface area (Å²) >= 11 is 0. The first kappa shape index (κ1) is 9.56. The lowest BCUT2D eigenvalue weighted by Gasteiger charge is -1.90. The maximum atomic E-state index is 8.12. The largest absolute Gasteiger partial charge is 0.373 e. The van der Waals surface area contributed by atoms with Crippen LogP contribution in [0.25, 0.3) is 0 Å². The molecule has 0 saturated heterocycles. The lowest BCUT2D eigenvalue weighted by molar-refractivity contribution is -0.191. The third-order valence-corrected chi connectivity index (χ3v) is 1.08. The highest BCUT2D eigenvalue weighted by atomic mass is 16.2. The molecule has 0 aliphatic rings. The molecule has 0 saturated carbocycles. The molecule has 0 aliphatic heterocycles. The van der Waals surface area contributed by atoms with Gasteiger partial charge in [-0.1, -0.05) is 30.3 Å². The lowest BCUT2D eigenvalue weighted by Crippen LogP contribution is -1.94. The molecular formula is C8H9NO2. The normalized spacial score (nSPS) is 7.36. The zero-order valence-corrected chi connectivity index (χ0v) is 5.99. The summed E-state index contributed by atoms with van der Waals surface area (Å²) in [5.74, 6) is 0. The Labute approximate surface area is 64.8 Å². The smallest absolute Gasteiger partial charge is 0.326 e. The monoisotopic (exact) mass is 151 g/mol. The summed E-state index contributed by atoms with van der Waals surface area (Å²) in [7, 11) is 0. The van der Waals surface area contributed by atoms with Crippen LogP contribution in [0, 0.1) is 0 Å². The van der Waals surface area contributed by atoms with Crippen LogP contribution in [0.2, 0.25) is 0 Å². The number of carbonyl (C=O) groups excluding carboxylic acids is 2. The summed E-state index contributed by atoms with van der Waals surface area (Å²) in [6.07, 6.45) is 0.250. The summed E-state index contributed by atoms with van der Waals surface area (Å²) < 4.78 is 0. The Morgan fingerprint density at radius 2 is 1.64 bits per heavy atom. The summed E-state index contributed by atoms with van der Waals surface area (Å²) in [5, 5.41) is 0. The lowest BCUT2D eigenvalue weighted by atomic mass is 10.2. The Kier molecular flexibility index (Phi) is 5.80. The number of rotatable bonds is 1. The fraction of sp³-hybridized carbons (Fsp3) is 0.125. The SMILES string of the molecule is NCc1ccccc1.O=C=O. The first-order valence-electron chi connectivity index (χ1n) is 3.08. The molecule has 1 aromatic carbocycles. The van der Waals surface area contributed by atoms with Gasteiger partial charge in [-0.3, -0.25) is 0 Å². The van der Waals surface area contributed by atoms with Crippen LogP contribution in [-0.2, 0) is 16.1 Å². The average molecular weight is 151 g/mol. The molecule has 0 bridgehead atoms. The summed E-state index contributed by atoms with van der Waals surface area (Å²) in [6, 6.07) is 9.99.